The molecule has 212 valence electrons. The molecule has 0 saturated heterocycles. The van der Waals surface area contributed by atoms with Crippen LogP contribution in [0.2, 0.25) is 0 Å². The molecule has 0 radical (unpaired) electrons. The van der Waals surface area contributed by atoms with Gasteiger partial charge in [0.25, 0.3) is 5.91 Å². The molecule has 0 fully saturated rings. The molecule has 1 amide bonds. The van der Waals surface area contributed by atoms with Crippen molar-refractivity contribution in [2.75, 3.05) is 33.9 Å². The van der Waals surface area contributed by atoms with E-state index in [0.717, 1.165) is 5.56 Å². The van der Waals surface area contributed by atoms with Crippen LogP contribution in [0.4, 0.5) is 0 Å². The molecule has 0 bridgehead atoms. The molecule has 9 nitrogen and oxygen atoms in total. The first-order chi connectivity index (χ1) is 19.1. The van der Waals surface area contributed by atoms with Gasteiger partial charge in [-0.25, -0.2) is 13.4 Å². The highest BCUT2D eigenvalue weighted by molar-refractivity contribution is 7.89. The normalized spacial score (nSPS) is 18.6. The van der Waals surface area contributed by atoms with Crippen LogP contribution in [0.25, 0.3) is 12.2 Å². The van der Waals surface area contributed by atoms with E-state index in [1.807, 2.05) is 49.4 Å². The van der Waals surface area contributed by atoms with Gasteiger partial charge in [-0.15, -0.1) is 0 Å². The van der Waals surface area contributed by atoms with Gasteiger partial charge in [0, 0.05) is 25.7 Å². The molecule has 10 heteroatoms. The van der Waals surface area contributed by atoms with Crippen LogP contribution in [0.15, 0.2) is 71.8 Å². The number of hydrogen-bond acceptors (Lipinski definition) is 7. The average Bonchev–Trinajstić information content (AvgIpc) is 2.98. The van der Waals surface area contributed by atoms with Crippen molar-refractivity contribution in [1.29, 1.82) is 0 Å². The second-order valence-corrected chi connectivity index (χ2v) is 12.0. The monoisotopic (exact) mass is 565 g/mol. The van der Waals surface area contributed by atoms with Crippen LogP contribution in [0.5, 0.6) is 11.6 Å². The molecular weight excluding hydrogens is 530 g/mol. The Morgan fingerprint density at radius 2 is 1.82 bits per heavy atom. The van der Waals surface area contributed by atoms with Crippen LogP contribution in [0, 0.1) is 5.92 Å². The summed E-state index contributed by atoms with van der Waals surface area (Å²) < 4.78 is 39.3. The van der Waals surface area contributed by atoms with E-state index in [9.17, 15) is 18.3 Å². The fourth-order valence-electron chi connectivity index (χ4n) is 4.46. The van der Waals surface area contributed by atoms with Gasteiger partial charge in [-0.1, -0.05) is 49.4 Å². The van der Waals surface area contributed by atoms with Gasteiger partial charge in [-0.3, -0.25) is 4.79 Å². The molecule has 0 saturated carbocycles. The number of aliphatic hydroxyl groups is 1. The van der Waals surface area contributed by atoms with Gasteiger partial charge in [-0.05, 0) is 48.4 Å². The maximum Gasteiger partial charge on any atom is 0.259 e. The van der Waals surface area contributed by atoms with E-state index in [0.29, 0.717) is 11.3 Å². The smallest absolute Gasteiger partial charge is 0.259 e. The zero-order chi connectivity index (χ0) is 28.9. The fraction of sp³-hybridized carbons (Fsp3) is 0.333. The number of hydrogen-bond donors (Lipinski definition) is 1. The third-order valence-corrected chi connectivity index (χ3v) is 8.85. The zero-order valence-corrected chi connectivity index (χ0v) is 23.9. The predicted octanol–water partition coefficient (Wildman–Crippen LogP) is 3.80. The van der Waals surface area contributed by atoms with Gasteiger partial charge in [0.1, 0.15) is 17.4 Å². The number of methoxy groups -OCH3 is 1. The van der Waals surface area contributed by atoms with Gasteiger partial charge in [-0.2, -0.15) is 4.31 Å². The largest absolute Gasteiger partial charge is 0.497 e. The molecule has 0 aliphatic carbocycles. The second-order valence-electron chi connectivity index (χ2n) is 9.95. The molecule has 0 spiro atoms. The SMILES string of the molecule is COc1ccc(S(=O)(=O)N(C)C[C@H]2Oc3ncc(/C=C/c4ccccc4)cc3C(=O)N([C@@H](C)CO)C[C@H]2C)cc1. The second kappa shape index (κ2) is 12.6. The number of carbonyl (C=O) groups is 1. The van der Waals surface area contributed by atoms with Crippen molar-refractivity contribution in [3.8, 4) is 11.6 Å². The Kier molecular flexibility index (Phi) is 9.24. The summed E-state index contributed by atoms with van der Waals surface area (Å²) in [6.07, 6.45) is 4.79. The van der Waals surface area contributed by atoms with Gasteiger partial charge in [0.15, 0.2) is 0 Å². The molecule has 0 unspecified atom stereocenters. The van der Waals surface area contributed by atoms with E-state index in [1.54, 1.807) is 36.2 Å². The highest BCUT2D eigenvalue weighted by Crippen LogP contribution is 2.29. The number of pyridine rings is 1. The Morgan fingerprint density at radius 3 is 2.48 bits per heavy atom. The molecule has 3 atom stereocenters. The Morgan fingerprint density at radius 1 is 1.15 bits per heavy atom. The van der Waals surface area contributed by atoms with Crippen LogP contribution in [-0.4, -0.2) is 79.6 Å². The van der Waals surface area contributed by atoms with Gasteiger partial charge in [0.2, 0.25) is 15.9 Å². The number of amides is 1. The quantitative estimate of drug-likeness (QED) is 0.420. The van der Waals surface area contributed by atoms with E-state index in [-0.39, 0.29) is 47.9 Å². The van der Waals surface area contributed by atoms with Crippen LogP contribution < -0.4 is 9.47 Å². The minimum atomic E-state index is -3.82. The minimum absolute atomic E-state index is 0.0296. The Labute approximate surface area is 235 Å². The summed E-state index contributed by atoms with van der Waals surface area (Å²) in [5.41, 5.74) is 1.97. The third kappa shape index (κ3) is 6.52. The number of fused-ring (bicyclic) bond motifs is 1. The van der Waals surface area contributed by atoms with Gasteiger partial charge >= 0.3 is 0 Å². The number of nitrogens with zero attached hydrogens (tertiary/aromatic N) is 3. The lowest BCUT2D eigenvalue weighted by molar-refractivity contribution is 0.0373. The lowest BCUT2D eigenvalue weighted by Gasteiger charge is -2.37. The number of carbonyl (C=O) groups excluding carboxylic acids is 1. The highest BCUT2D eigenvalue weighted by atomic mass is 32.2. The fourth-order valence-corrected chi connectivity index (χ4v) is 5.65. The molecule has 2 heterocycles. The number of likely N-dealkylation sites (N-methyl/N-ethyl adjacent to an activating group) is 1. The van der Waals surface area contributed by atoms with Crippen LogP contribution >= 0.6 is 0 Å². The molecule has 3 aromatic rings. The number of sulfonamides is 1. The summed E-state index contributed by atoms with van der Waals surface area (Å²) in [4.78, 5) is 19.8. The Hall–Kier alpha value is -3.73. The Bertz CT molecular complexity index is 1440. The van der Waals surface area contributed by atoms with Crippen molar-refractivity contribution in [2.45, 2.75) is 30.9 Å². The van der Waals surface area contributed by atoms with Gasteiger partial charge < -0.3 is 19.5 Å². The maximum absolute atomic E-state index is 13.6. The first kappa shape index (κ1) is 29.3. The summed E-state index contributed by atoms with van der Waals surface area (Å²) in [7, 11) is -0.807. The van der Waals surface area contributed by atoms with Crippen molar-refractivity contribution in [3.63, 3.8) is 0 Å². The van der Waals surface area contributed by atoms with Crippen molar-refractivity contribution >= 4 is 28.1 Å². The molecule has 1 aliphatic heterocycles. The maximum atomic E-state index is 13.6. The number of ether oxygens (including phenoxy) is 2. The molecule has 40 heavy (non-hydrogen) atoms. The molecule has 4 rings (SSSR count). The lowest BCUT2D eigenvalue weighted by atomic mass is 10.00. The molecule has 1 aliphatic rings. The summed E-state index contributed by atoms with van der Waals surface area (Å²) in [6, 6.07) is 17.2. The summed E-state index contributed by atoms with van der Waals surface area (Å²) >= 11 is 0. The van der Waals surface area contributed by atoms with E-state index in [4.69, 9.17) is 9.47 Å². The highest BCUT2D eigenvalue weighted by Gasteiger charge is 2.35. The van der Waals surface area contributed by atoms with Crippen molar-refractivity contribution in [3.05, 3.63) is 83.6 Å². The molecular formula is C30H35N3O6S. The van der Waals surface area contributed by atoms with Crippen molar-refractivity contribution in [1.82, 2.24) is 14.2 Å². The van der Waals surface area contributed by atoms with Crippen LogP contribution in [0.3, 0.4) is 0 Å². The summed E-state index contributed by atoms with van der Waals surface area (Å²) in [5, 5.41) is 9.90. The average molecular weight is 566 g/mol. The predicted molar refractivity (Wildman–Crippen MR) is 154 cm³/mol. The van der Waals surface area contributed by atoms with E-state index >= 15 is 0 Å². The third-order valence-electron chi connectivity index (χ3n) is 7.01. The first-order valence-corrected chi connectivity index (χ1v) is 14.5. The summed E-state index contributed by atoms with van der Waals surface area (Å²) in [5.74, 6) is 0.119. The van der Waals surface area contributed by atoms with Crippen LogP contribution in [-0.2, 0) is 10.0 Å². The molecule has 1 aromatic heterocycles. The first-order valence-electron chi connectivity index (χ1n) is 13.1. The zero-order valence-electron chi connectivity index (χ0n) is 23.1. The van der Waals surface area contributed by atoms with Crippen molar-refractivity contribution in [2.24, 2.45) is 5.92 Å². The topological polar surface area (TPSA) is 109 Å². The number of aliphatic hydroxyl groups excluding tert-OH is 1. The van der Waals surface area contributed by atoms with Crippen LogP contribution in [0.1, 0.15) is 35.3 Å². The Balaban J connectivity index is 1.65. The lowest BCUT2D eigenvalue weighted by Crippen LogP contribution is -2.50. The summed E-state index contributed by atoms with van der Waals surface area (Å²) in [6.45, 7) is 3.75. The number of rotatable bonds is 9. The molecule has 1 N–H and O–H groups in total. The van der Waals surface area contributed by atoms with Gasteiger partial charge in [0.05, 0.1) is 31.2 Å². The number of aromatic nitrogens is 1. The minimum Gasteiger partial charge on any atom is -0.497 e. The van der Waals surface area contributed by atoms with Crippen molar-refractivity contribution < 1.29 is 27.8 Å². The standard InChI is InChI=1S/C30H35N3O6S/c1-21-18-33(22(2)20-34)30(35)27-16-24(11-10-23-8-6-5-7-9-23)17-31-29(27)39-28(21)19-32(3)40(36,37)26-14-12-25(38-4)13-15-26/h5-17,21-22,28,34H,18-20H2,1-4H3/b11-10+/t21-,22+,28-/m1/s1. The van der Waals surface area contributed by atoms with E-state index in [1.165, 1.54) is 30.6 Å². The molecule has 2 aromatic carbocycles. The van der Waals surface area contributed by atoms with E-state index in [2.05, 4.69) is 4.98 Å². The van der Waals surface area contributed by atoms with E-state index < -0.39 is 22.2 Å². The number of benzene rings is 2.